The van der Waals surface area contributed by atoms with E-state index in [4.69, 9.17) is 10.00 Å². The molecule has 100 valence electrons. The summed E-state index contributed by atoms with van der Waals surface area (Å²) in [6.07, 6.45) is 0.392. The van der Waals surface area contributed by atoms with E-state index in [0.717, 1.165) is 11.3 Å². The maximum absolute atomic E-state index is 9.28. The second-order valence-corrected chi connectivity index (χ2v) is 4.28. The van der Waals surface area contributed by atoms with Crippen LogP contribution in [0.2, 0.25) is 0 Å². The van der Waals surface area contributed by atoms with E-state index in [0.29, 0.717) is 37.5 Å². The van der Waals surface area contributed by atoms with E-state index in [-0.39, 0.29) is 0 Å². The Balaban J connectivity index is 3.13. The van der Waals surface area contributed by atoms with E-state index in [1.165, 1.54) is 0 Å². The number of hydrogen-bond acceptors (Lipinski definition) is 5. The summed E-state index contributed by atoms with van der Waals surface area (Å²) in [5.41, 5.74) is 2.34. The first-order chi connectivity index (χ1) is 9.13. The molecule has 0 atom stereocenters. The van der Waals surface area contributed by atoms with Gasteiger partial charge in [0.1, 0.15) is 11.9 Å². The fourth-order valence-corrected chi connectivity index (χ4v) is 1.89. The Kier molecular flexibility index (Phi) is 5.78. The Bertz CT molecular complexity index is 513. The van der Waals surface area contributed by atoms with Crippen molar-refractivity contribution in [1.29, 1.82) is 10.5 Å². The predicted octanol–water partition coefficient (Wildman–Crippen LogP) is 1.94. The fourth-order valence-electron chi connectivity index (χ4n) is 1.89. The van der Waals surface area contributed by atoms with Gasteiger partial charge in [-0.3, -0.25) is 0 Å². The van der Waals surface area contributed by atoms with Crippen LogP contribution >= 0.6 is 0 Å². The van der Waals surface area contributed by atoms with Crippen LogP contribution < -0.4 is 4.90 Å². The van der Waals surface area contributed by atoms with Crippen molar-refractivity contribution in [1.82, 2.24) is 4.98 Å². The third-order valence-corrected chi connectivity index (χ3v) is 2.80. The highest BCUT2D eigenvalue weighted by atomic mass is 16.5. The lowest BCUT2D eigenvalue weighted by Crippen LogP contribution is -2.30. The second-order valence-electron chi connectivity index (χ2n) is 4.28. The van der Waals surface area contributed by atoms with Gasteiger partial charge < -0.3 is 9.64 Å². The van der Waals surface area contributed by atoms with Gasteiger partial charge in [0.15, 0.2) is 0 Å². The van der Waals surface area contributed by atoms with Gasteiger partial charge in [0, 0.05) is 25.9 Å². The Morgan fingerprint density at radius 3 is 2.63 bits per heavy atom. The molecule has 0 bridgehead atoms. The van der Waals surface area contributed by atoms with Crippen LogP contribution in [0, 0.1) is 36.5 Å². The normalized spacial score (nSPS) is 9.74. The van der Waals surface area contributed by atoms with Gasteiger partial charge in [-0.05, 0) is 25.5 Å². The van der Waals surface area contributed by atoms with E-state index in [9.17, 15) is 5.26 Å². The monoisotopic (exact) mass is 258 g/mol. The summed E-state index contributed by atoms with van der Waals surface area (Å²) in [6, 6.07) is 6.20. The zero-order valence-electron chi connectivity index (χ0n) is 11.6. The molecular formula is C14H18N4O. The first kappa shape index (κ1) is 14.9. The number of methoxy groups -OCH3 is 1. The largest absolute Gasteiger partial charge is 0.383 e. The first-order valence-corrected chi connectivity index (χ1v) is 6.13. The molecule has 0 amide bonds. The number of aromatic nitrogens is 1. The average molecular weight is 258 g/mol. The molecule has 5 heteroatoms. The van der Waals surface area contributed by atoms with Crippen LogP contribution in [-0.2, 0) is 4.74 Å². The highest BCUT2D eigenvalue weighted by Gasteiger charge is 2.15. The number of rotatable bonds is 6. The van der Waals surface area contributed by atoms with Gasteiger partial charge >= 0.3 is 0 Å². The number of aryl methyl sites for hydroxylation is 2. The first-order valence-electron chi connectivity index (χ1n) is 6.13. The predicted molar refractivity (Wildman–Crippen MR) is 72.7 cm³/mol. The standard InChI is InChI=1S/C14H18N4O/c1-11-9-12(2)17-14(13(11)10-16)18(6-4-5-15)7-8-19-3/h9H,4,6-8H2,1-3H3. The number of ether oxygens (including phenoxy) is 1. The summed E-state index contributed by atoms with van der Waals surface area (Å²) in [7, 11) is 1.63. The second kappa shape index (κ2) is 7.35. The Labute approximate surface area is 114 Å². The van der Waals surface area contributed by atoms with Gasteiger partial charge in [-0.15, -0.1) is 0 Å². The highest BCUT2D eigenvalue weighted by Crippen LogP contribution is 2.21. The van der Waals surface area contributed by atoms with Crippen molar-refractivity contribution in [3.63, 3.8) is 0 Å². The summed E-state index contributed by atoms with van der Waals surface area (Å²) in [4.78, 5) is 6.39. The molecule has 0 fully saturated rings. The Hall–Kier alpha value is -2.11. The fraction of sp³-hybridized carbons (Fsp3) is 0.500. The lowest BCUT2D eigenvalue weighted by Gasteiger charge is -2.24. The van der Waals surface area contributed by atoms with Crippen LogP contribution in [0.15, 0.2) is 6.07 Å². The molecule has 0 spiro atoms. The van der Waals surface area contributed by atoms with Crippen LogP contribution in [-0.4, -0.2) is 31.8 Å². The van der Waals surface area contributed by atoms with Crippen molar-refractivity contribution in [3.05, 3.63) is 22.9 Å². The minimum atomic E-state index is 0.392. The maximum atomic E-state index is 9.28. The van der Waals surface area contributed by atoms with Crippen LogP contribution in [0.1, 0.15) is 23.2 Å². The molecule has 1 aromatic heterocycles. The minimum absolute atomic E-state index is 0.392. The molecule has 0 aromatic carbocycles. The quantitative estimate of drug-likeness (QED) is 0.779. The number of nitrogens with zero attached hydrogens (tertiary/aromatic N) is 4. The molecule has 19 heavy (non-hydrogen) atoms. The third kappa shape index (κ3) is 3.94. The molecule has 0 N–H and O–H groups in total. The molecule has 1 heterocycles. The van der Waals surface area contributed by atoms with Crippen molar-refractivity contribution in [3.8, 4) is 12.1 Å². The number of pyridine rings is 1. The smallest absolute Gasteiger partial charge is 0.147 e. The lowest BCUT2D eigenvalue weighted by atomic mass is 10.1. The molecular weight excluding hydrogens is 240 g/mol. The molecule has 1 rings (SSSR count). The maximum Gasteiger partial charge on any atom is 0.147 e. The van der Waals surface area contributed by atoms with Crippen LogP contribution in [0.3, 0.4) is 0 Å². The number of nitriles is 2. The van der Waals surface area contributed by atoms with E-state index < -0.39 is 0 Å². The summed E-state index contributed by atoms with van der Waals surface area (Å²) in [5.74, 6) is 0.646. The van der Waals surface area contributed by atoms with Crippen LogP contribution in [0.4, 0.5) is 5.82 Å². The van der Waals surface area contributed by atoms with Crippen molar-refractivity contribution < 1.29 is 4.74 Å². The van der Waals surface area contributed by atoms with Gasteiger partial charge in [0.25, 0.3) is 0 Å². The topological polar surface area (TPSA) is 72.9 Å². The van der Waals surface area contributed by atoms with Gasteiger partial charge in [0.05, 0.1) is 24.7 Å². The summed E-state index contributed by atoms with van der Waals surface area (Å²) in [5, 5.41) is 18.0. The van der Waals surface area contributed by atoms with Gasteiger partial charge in [-0.1, -0.05) is 0 Å². The molecule has 0 radical (unpaired) electrons. The minimum Gasteiger partial charge on any atom is -0.383 e. The molecule has 5 nitrogen and oxygen atoms in total. The van der Waals surface area contributed by atoms with E-state index in [1.807, 2.05) is 24.8 Å². The molecule has 0 unspecified atom stereocenters. The molecule has 0 saturated heterocycles. The molecule has 0 aliphatic rings. The summed E-state index contributed by atoms with van der Waals surface area (Å²) >= 11 is 0. The summed E-state index contributed by atoms with van der Waals surface area (Å²) in [6.45, 7) is 5.49. The molecule has 0 aliphatic carbocycles. The zero-order chi connectivity index (χ0) is 14.3. The lowest BCUT2D eigenvalue weighted by molar-refractivity contribution is 0.205. The average Bonchev–Trinajstić information content (AvgIpc) is 2.38. The van der Waals surface area contributed by atoms with E-state index in [1.54, 1.807) is 7.11 Å². The van der Waals surface area contributed by atoms with Crippen molar-refractivity contribution in [2.24, 2.45) is 0 Å². The Morgan fingerprint density at radius 1 is 1.32 bits per heavy atom. The van der Waals surface area contributed by atoms with Crippen LogP contribution in [0.25, 0.3) is 0 Å². The van der Waals surface area contributed by atoms with Crippen molar-refractivity contribution in [2.75, 3.05) is 31.7 Å². The third-order valence-electron chi connectivity index (χ3n) is 2.80. The van der Waals surface area contributed by atoms with Crippen molar-refractivity contribution in [2.45, 2.75) is 20.3 Å². The van der Waals surface area contributed by atoms with Crippen LogP contribution in [0.5, 0.6) is 0 Å². The van der Waals surface area contributed by atoms with Gasteiger partial charge in [0.2, 0.25) is 0 Å². The molecule has 0 saturated carbocycles. The number of anilines is 1. The highest BCUT2D eigenvalue weighted by molar-refractivity contribution is 5.58. The Morgan fingerprint density at radius 2 is 2.05 bits per heavy atom. The SMILES string of the molecule is COCCN(CCC#N)c1nc(C)cc(C)c1C#N. The number of hydrogen-bond donors (Lipinski definition) is 0. The zero-order valence-corrected chi connectivity index (χ0v) is 11.6. The van der Waals surface area contributed by atoms with E-state index in [2.05, 4.69) is 17.1 Å². The molecule has 1 aromatic rings. The van der Waals surface area contributed by atoms with Gasteiger partial charge in [-0.2, -0.15) is 10.5 Å². The van der Waals surface area contributed by atoms with Gasteiger partial charge in [-0.25, -0.2) is 4.98 Å². The van der Waals surface area contributed by atoms with Crippen molar-refractivity contribution >= 4 is 5.82 Å². The van der Waals surface area contributed by atoms with E-state index >= 15 is 0 Å². The summed E-state index contributed by atoms with van der Waals surface area (Å²) < 4.78 is 5.07. The molecule has 0 aliphatic heterocycles.